The van der Waals surface area contributed by atoms with Gasteiger partial charge in [0.25, 0.3) is 0 Å². The Morgan fingerprint density at radius 1 is 1.44 bits per heavy atom. The van der Waals surface area contributed by atoms with Crippen LogP contribution in [0.5, 0.6) is 0 Å². The summed E-state index contributed by atoms with van der Waals surface area (Å²) in [6.07, 6.45) is 1.27. The molecular weight excluding hydrogens is 317 g/mol. The van der Waals surface area contributed by atoms with Gasteiger partial charge in [-0.25, -0.2) is 0 Å². The van der Waals surface area contributed by atoms with Crippen molar-refractivity contribution in [1.82, 2.24) is 0 Å². The third-order valence-electron chi connectivity index (χ3n) is 2.60. The summed E-state index contributed by atoms with van der Waals surface area (Å²) in [7, 11) is 0. The van der Waals surface area contributed by atoms with Gasteiger partial charge in [-0.05, 0) is 24.1 Å². The molecule has 0 radical (unpaired) electrons. The monoisotopic (exact) mass is 327 g/mol. The third-order valence-corrected chi connectivity index (χ3v) is 4.12. The van der Waals surface area contributed by atoms with Gasteiger partial charge in [0, 0.05) is 6.42 Å². The number of benzene rings is 1. The lowest BCUT2D eigenvalue weighted by atomic mass is 10.0. The van der Waals surface area contributed by atoms with E-state index in [-0.39, 0.29) is 16.0 Å². The summed E-state index contributed by atoms with van der Waals surface area (Å²) in [5, 5.41) is 8.69. The number of halogens is 1. The lowest BCUT2D eigenvalue weighted by Gasteiger charge is -2.16. The minimum absolute atomic E-state index is 0.0268. The molecule has 1 aromatic rings. The smallest absolute Gasteiger partial charge is 0.306 e. The van der Waals surface area contributed by atoms with Gasteiger partial charge in [0.15, 0.2) is 0 Å². The average Bonchev–Trinajstić information content (AvgIpc) is 2.75. The molecule has 0 unspecified atom stereocenters. The van der Waals surface area contributed by atoms with E-state index < -0.39 is 0 Å². The quantitative estimate of drug-likeness (QED) is 0.477. The van der Waals surface area contributed by atoms with Crippen LogP contribution in [0, 0.1) is 11.3 Å². The Kier molecular flexibility index (Phi) is 3.44. The molecule has 0 aliphatic carbocycles. The van der Waals surface area contributed by atoms with Crippen LogP contribution in [0.1, 0.15) is 27.9 Å². The van der Waals surface area contributed by atoms with Crippen molar-refractivity contribution in [3.05, 3.63) is 35.4 Å². The van der Waals surface area contributed by atoms with Crippen LogP contribution in [0.2, 0.25) is 0 Å². The summed E-state index contributed by atoms with van der Waals surface area (Å²) in [6, 6.07) is 9.50. The molecule has 1 aromatic carbocycles. The zero-order chi connectivity index (χ0) is 11.5. The minimum atomic E-state index is -0.111. The fraction of sp³-hybridized carbons (Fsp3) is 0.333. The molecule has 0 saturated carbocycles. The zero-order valence-electron chi connectivity index (χ0n) is 8.52. The van der Waals surface area contributed by atoms with Crippen LogP contribution in [0.15, 0.2) is 24.3 Å². The fourth-order valence-electron chi connectivity index (χ4n) is 1.71. The number of esters is 1. The zero-order valence-corrected chi connectivity index (χ0v) is 10.7. The van der Waals surface area contributed by atoms with E-state index in [1.807, 2.05) is 12.1 Å². The number of alkyl halides is 1. The second kappa shape index (κ2) is 4.83. The second-order valence-corrected chi connectivity index (χ2v) is 5.04. The number of cyclic esters (lactones) is 1. The van der Waals surface area contributed by atoms with Crippen molar-refractivity contribution >= 4 is 28.6 Å². The van der Waals surface area contributed by atoms with Crippen LogP contribution in [0.3, 0.4) is 0 Å². The highest BCUT2D eigenvalue weighted by Crippen LogP contribution is 2.34. The van der Waals surface area contributed by atoms with Crippen molar-refractivity contribution < 1.29 is 9.53 Å². The molecule has 1 fully saturated rings. The highest BCUT2D eigenvalue weighted by molar-refractivity contribution is 14.1. The van der Waals surface area contributed by atoms with Gasteiger partial charge < -0.3 is 4.74 Å². The van der Waals surface area contributed by atoms with Gasteiger partial charge in [0.05, 0.1) is 15.6 Å². The van der Waals surface area contributed by atoms with E-state index in [0.717, 1.165) is 12.0 Å². The van der Waals surface area contributed by atoms with Crippen LogP contribution in [0.4, 0.5) is 0 Å². The molecule has 0 spiro atoms. The first kappa shape index (κ1) is 11.4. The minimum Gasteiger partial charge on any atom is -0.461 e. The van der Waals surface area contributed by atoms with Gasteiger partial charge in [0.2, 0.25) is 0 Å². The van der Waals surface area contributed by atoms with Crippen molar-refractivity contribution in [2.75, 3.05) is 0 Å². The Morgan fingerprint density at radius 2 is 2.12 bits per heavy atom. The Morgan fingerprint density at radius 3 is 2.62 bits per heavy atom. The Hall–Kier alpha value is -1.09. The number of rotatable bonds is 2. The second-order valence-electron chi connectivity index (χ2n) is 3.70. The molecule has 1 heterocycles. The van der Waals surface area contributed by atoms with Gasteiger partial charge in [-0.3, -0.25) is 4.79 Å². The highest BCUT2D eigenvalue weighted by Gasteiger charge is 2.30. The van der Waals surface area contributed by atoms with Crippen molar-refractivity contribution in [3.63, 3.8) is 0 Å². The molecule has 1 saturated heterocycles. The number of carbonyl (C=O) groups is 1. The van der Waals surface area contributed by atoms with Crippen molar-refractivity contribution in [3.8, 4) is 6.07 Å². The van der Waals surface area contributed by atoms with Crippen LogP contribution >= 0.6 is 22.6 Å². The van der Waals surface area contributed by atoms with E-state index in [1.54, 1.807) is 12.1 Å². The van der Waals surface area contributed by atoms with Crippen molar-refractivity contribution in [2.24, 2.45) is 0 Å². The highest BCUT2D eigenvalue weighted by atomic mass is 127. The first-order chi connectivity index (χ1) is 7.70. The average molecular weight is 327 g/mol. The summed E-state index contributed by atoms with van der Waals surface area (Å²) in [5.41, 5.74) is 1.75. The maximum absolute atomic E-state index is 11.0. The molecular formula is C12H10INO2. The van der Waals surface area contributed by atoms with E-state index in [1.165, 1.54) is 0 Å². The van der Waals surface area contributed by atoms with Crippen molar-refractivity contribution in [2.45, 2.75) is 22.9 Å². The van der Waals surface area contributed by atoms with E-state index in [4.69, 9.17) is 10.00 Å². The van der Waals surface area contributed by atoms with E-state index in [0.29, 0.717) is 12.0 Å². The molecule has 2 atom stereocenters. The van der Waals surface area contributed by atoms with Gasteiger partial charge in [-0.15, -0.1) is 0 Å². The molecule has 1 aliphatic heterocycles. The lowest BCUT2D eigenvalue weighted by molar-refractivity contribution is -0.141. The summed E-state index contributed by atoms with van der Waals surface area (Å²) in [6.45, 7) is 0. The van der Waals surface area contributed by atoms with Crippen molar-refractivity contribution in [1.29, 1.82) is 5.26 Å². The maximum Gasteiger partial charge on any atom is 0.306 e. The number of hydrogen-bond donors (Lipinski definition) is 0. The topological polar surface area (TPSA) is 50.1 Å². The standard InChI is InChI=1S/C12H10INO2/c13-12(10-5-6-11(15)16-10)9-3-1-8(7-14)2-4-9/h1-4,10,12H,5-6H2/t10-,12-/m0/s1. The number of hydrogen-bond acceptors (Lipinski definition) is 3. The molecule has 0 aromatic heterocycles. The summed E-state index contributed by atoms with van der Waals surface area (Å²) < 4.78 is 5.39. The maximum atomic E-state index is 11.0. The normalized spacial score (nSPS) is 21.2. The Bertz CT molecular complexity index is 435. The fourth-order valence-corrected chi connectivity index (χ4v) is 2.63. The first-order valence-electron chi connectivity index (χ1n) is 5.04. The van der Waals surface area contributed by atoms with Crippen LogP contribution in [-0.2, 0) is 9.53 Å². The molecule has 1 aliphatic rings. The molecule has 0 amide bonds. The molecule has 0 bridgehead atoms. The van der Waals surface area contributed by atoms with E-state index >= 15 is 0 Å². The Labute approximate surface area is 108 Å². The molecule has 0 N–H and O–H groups in total. The van der Waals surface area contributed by atoms with E-state index in [9.17, 15) is 4.79 Å². The molecule has 3 nitrogen and oxygen atoms in total. The number of nitrogens with zero attached hydrogens (tertiary/aromatic N) is 1. The Balaban J connectivity index is 2.11. The van der Waals surface area contributed by atoms with Gasteiger partial charge in [0.1, 0.15) is 6.10 Å². The predicted octanol–water partition coefficient (Wildman–Crippen LogP) is 2.74. The van der Waals surface area contributed by atoms with Crippen LogP contribution in [0.25, 0.3) is 0 Å². The van der Waals surface area contributed by atoms with Gasteiger partial charge >= 0.3 is 5.97 Å². The number of nitriles is 1. The molecule has 4 heteroatoms. The SMILES string of the molecule is N#Cc1ccc([C@H](I)[C@@H]2CCC(=O)O2)cc1. The van der Waals surface area contributed by atoms with Gasteiger partial charge in [-0.1, -0.05) is 34.7 Å². The summed E-state index contributed by atoms with van der Waals surface area (Å²) in [4.78, 5) is 11.0. The van der Waals surface area contributed by atoms with Crippen LogP contribution < -0.4 is 0 Å². The van der Waals surface area contributed by atoms with Gasteiger partial charge in [-0.2, -0.15) is 5.26 Å². The predicted molar refractivity (Wildman–Crippen MR) is 67.0 cm³/mol. The van der Waals surface area contributed by atoms with Crippen LogP contribution in [-0.4, -0.2) is 12.1 Å². The number of carbonyl (C=O) groups excluding carboxylic acids is 1. The first-order valence-corrected chi connectivity index (χ1v) is 6.29. The molecule has 2 rings (SSSR count). The number of ether oxygens (including phenoxy) is 1. The molecule has 82 valence electrons. The third kappa shape index (κ3) is 2.35. The lowest BCUT2D eigenvalue weighted by Crippen LogP contribution is -2.13. The largest absolute Gasteiger partial charge is 0.461 e. The summed E-state index contributed by atoms with van der Waals surface area (Å²) in [5.74, 6) is -0.111. The van der Waals surface area contributed by atoms with E-state index in [2.05, 4.69) is 28.7 Å². The summed E-state index contributed by atoms with van der Waals surface area (Å²) >= 11 is 2.28. The molecule has 16 heavy (non-hydrogen) atoms.